The molecule has 0 saturated carbocycles. The summed E-state index contributed by atoms with van der Waals surface area (Å²) in [6.07, 6.45) is 3.20. The van der Waals surface area contributed by atoms with Gasteiger partial charge in [0.05, 0.1) is 19.8 Å². The number of allylic oxidation sites excluding steroid dienone is 1. The summed E-state index contributed by atoms with van der Waals surface area (Å²) in [5, 5.41) is 0. The van der Waals surface area contributed by atoms with Crippen molar-refractivity contribution in [3.63, 3.8) is 0 Å². The molecule has 24 heavy (non-hydrogen) atoms. The Morgan fingerprint density at radius 1 is 0.917 bits per heavy atom. The molecule has 0 fully saturated rings. The third-order valence-corrected chi connectivity index (χ3v) is 3.27. The first-order valence-corrected chi connectivity index (χ1v) is 7.42. The van der Waals surface area contributed by atoms with Gasteiger partial charge >= 0.3 is 0 Å². The highest BCUT2D eigenvalue weighted by atomic mass is 16.5. The number of ether oxygens (including phenoxy) is 3. The zero-order valence-electron chi connectivity index (χ0n) is 14.3. The quantitative estimate of drug-likeness (QED) is 0.572. The van der Waals surface area contributed by atoms with Crippen molar-refractivity contribution in [2.45, 2.75) is 0 Å². The summed E-state index contributed by atoms with van der Waals surface area (Å²) in [6.45, 7) is 0. The Bertz CT molecular complexity index is 721. The van der Waals surface area contributed by atoms with Gasteiger partial charge in [0.2, 0.25) is 0 Å². The molecular formula is C19H21NO4. The average Bonchev–Trinajstić information content (AvgIpc) is 2.60. The summed E-state index contributed by atoms with van der Waals surface area (Å²) < 4.78 is 16.2. The monoisotopic (exact) mass is 327 g/mol. The van der Waals surface area contributed by atoms with Gasteiger partial charge in [0.15, 0.2) is 5.78 Å². The number of methoxy groups -OCH3 is 2. The van der Waals surface area contributed by atoms with Crippen LogP contribution in [0, 0.1) is 0 Å². The molecule has 126 valence electrons. The number of hydrogen-bond donors (Lipinski definition) is 0. The molecule has 2 aromatic carbocycles. The summed E-state index contributed by atoms with van der Waals surface area (Å²) >= 11 is 0. The van der Waals surface area contributed by atoms with E-state index >= 15 is 0 Å². The molecule has 0 spiro atoms. The van der Waals surface area contributed by atoms with Gasteiger partial charge in [0.1, 0.15) is 23.0 Å². The second kappa shape index (κ2) is 8.06. The van der Waals surface area contributed by atoms with Crippen molar-refractivity contribution in [2.75, 3.05) is 28.3 Å². The van der Waals surface area contributed by atoms with Crippen molar-refractivity contribution in [3.05, 3.63) is 60.3 Å². The van der Waals surface area contributed by atoms with Gasteiger partial charge in [-0.3, -0.25) is 4.79 Å². The Hall–Kier alpha value is -2.95. The summed E-state index contributed by atoms with van der Waals surface area (Å²) in [4.78, 5) is 14.2. The molecule has 0 aliphatic rings. The lowest BCUT2D eigenvalue weighted by molar-refractivity contribution is 0.104. The third-order valence-electron chi connectivity index (χ3n) is 3.27. The van der Waals surface area contributed by atoms with Gasteiger partial charge in [0.25, 0.3) is 0 Å². The van der Waals surface area contributed by atoms with Crippen LogP contribution in [0.2, 0.25) is 0 Å². The van der Waals surface area contributed by atoms with Gasteiger partial charge in [-0.1, -0.05) is 0 Å². The van der Waals surface area contributed by atoms with Crippen molar-refractivity contribution in [1.82, 2.24) is 4.90 Å². The Morgan fingerprint density at radius 2 is 1.50 bits per heavy atom. The highest BCUT2D eigenvalue weighted by Gasteiger charge is 2.13. The Kier molecular flexibility index (Phi) is 5.84. The largest absolute Gasteiger partial charge is 0.497 e. The van der Waals surface area contributed by atoms with E-state index in [4.69, 9.17) is 14.2 Å². The standard InChI is InChI=1S/C19H21NO4/c1-20(2)12-11-18(21)17-10-9-16(23-4)13-19(17)24-15-7-5-14(22-3)6-8-15/h5-13H,1-4H3/b12-11+. The molecular weight excluding hydrogens is 306 g/mol. The molecule has 0 amide bonds. The summed E-state index contributed by atoms with van der Waals surface area (Å²) in [7, 11) is 6.88. The molecule has 0 atom stereocenters. The van der Waals surface area contributed by atoms with Crippen LogP contribution in [-0.2, 0) is 0 Å². The highest BCUT2D eigenvalue weighted by Crippen LogP contribution is 2.31. The number of nitrogens with zero attached hydrogens (tertiary/aromatic N) is 1. The molecule has 2 rings (SSSR count). The topological polar surface area (TPSA) is 48.0 Å². The van der Waals surface area contributed by atoms with Gasteiger partial charge in [0, 0.05) is 32.4 Å². The lowest BCUT2D eigenvalue weighted by atomic mass is 10.1. The lowest BCUT2D eigenvalue weighted by Crippen LogP contribution is -2.04. The number of benzene rings is 2. The van der Waals surface area contributed by atoms with E-state index in [2.05, 4.69) is 0 Å². The maximum atomic E-state index is 12.4. The third kappa shape index (κ3) is 4.52. The van der Waals surface area contributed by atoms with Crippen LogP contribution in [-0.4, -0.2) is 39.0 Å². The van der Waals surface area contributed by atoms with E-state index in [1.165, 1.54) is 6.08 Å². The molecule has 5 nitrogen and oxygen atoms in total. The SMILES string of the molecule is COc1ccc(Oc2cc(OC)ccc2C(=O)/C=C/N(C)C)cc1. The minimum atomic E-state index is -0.144. The molecule has 0 saturated heterocycles. The Morgan fingerprint density at radius 3 is 2.08 bits per heavy atom. The van der Waals surface area contributed by atoms with Gasteiger partial charge < -0.3 is 19.1 Å². The van der Waals surface area contributed by atoms with Crippen molar-refractivity contribution < 1.29 is 19.0 Å². The van der Waals surface area contributed by atoms with Crippen LogP contribution < -0.4 is 14.2 Å². The molecule has 5 heteroatoms. The average molecular weight is 327 g/mol. The molecule has 0 bridgehead atoms. The lowest BCUT2D eigenvalue weighted by Gasteiger charge is -2.12. The van der Waals surface area contributed by atoms with Crippen molar-refractivity contribution >= 4 is 5.78 Å². The van der Waals surface area contributed by atoms with E-state index in [1.807, 2.05) is 14.1 Å². The number of carbonyl (C=O) groups is 1. The van der Waals surface area contributed by atoms with Crippen LogP contribution in [0.4, 0.5) is 0 Å². The predicted octanol–water partition coefficient (Wildman–Crippen LogP) is 3.75. The maximum absolute atomic E-state index is 12.4. The fraction of sp³-hybridized carbons (Fsp3) is 0.211. The second-order valence-electron chi connectivity index (χ2n) is 5.28. The van der Waals surface area contributed by atoms with Gasteiger partial charge in [-0.05, 0) is 36.4 Å². The first-order valence-electron chi connectivity index (χ1n) is 7.42. The van der Waals surface area contributed by atoms with Crippen LogP contribution in [0.25, 0.3) is 0 Å². The fourth-order valence-electron chi connectivity index (χ4n) is 1.99. The van der Waals surface area contributed by atoms with E-state index in [0.717, 1.165) is 5.75 Å². The zero-order valence-corrected chi connectivity index (χ0v) is 14.3. The summed E-state index contributed by atoms with van der Waals surface area (Å²) in [5.74, 6) is 2.25. The van der Waals surface area contributed by atoms with Gasteiger partial charge in [-0.2, -0.15) is 0 Å². The predicted molar refractivity (Wildman–Crippen MR) is 93.2 cm³/mol. The molecule has 2 aromatic rings. The van der Waals surface area contributed by atoms with Crippen LogP contribution in [0.5, 0.6) is 23.0 Å². The molecule has 0 aliphatic heterocycles. The Labute approximate surface area is 142 Å². The normalized spacial score (nSPS) is 10.5. The number of ketones is 1. The first kappa shape index (κ1) is 17.4. The van der Waals surface area contributed by atoms with E-state index in [0.29, 0.717) is 22.8 Å². The zero-order chi connectivity index (χ0) is 17.5. The van der Waals surface area contributed by atoms with Crippen molar-refractivity contribution in [1.29, 1.82) is 0 Å². The van der Waals surface area contributed by atoms with Crippen molar-refractivity contribution in [3.8, 4) is 23.0 Å². The molecule has 0 unspecified atom stereocenters. The molecule has 0 N–H and O–H groups in total. The fourth-order valence-corrected chi connectivity index (χ4v) is 1.99. The van der Waals surface area contributed by atoms with E-state index in [9.17, 15) is 4.79 Å². The maximum Gasteiger partial charge on any atom is 0.191 e. The van der Waals surface area contributed by atoms with Crippen LogP contribution in [0.1, 0.15) is 10.4 Å². The van der Waals surface area contributed by atoms with Crippen LogP contribution >= 0.6 is 0 Å². The molecule has 0 aliphatic carbocycles. The van der Waals surface area contributed by atoms with Gasteiger partial charge in [-0.25, -0.2) is 0 Å². The number of hydrogen-bond acceptors (Lipinski definition) is 5. The number of rotatable bonds is 7. The molecule has 0 aromatic heterocycles. The summed E-state index contributed by atoms with van der Waals surface area (Å²) in [6, 6.07) is 12.3. The number of carbonyl (C=O) groups excluding carboxylic acids is 1. The van der Waals surface area contributed by atoms with Gasteiger partial charge in [-0.15, -0.1) is 0 Å². The summed E-state index contributed by atoms with van der Waals surface area (Å²) in [5.41, 5.74) is 0.463. The smallest absolute Gasteiger partial charge is 0.191 e. The van der Waals surface area contributed by atoms with Crippen LogP contribution in [0.3, 0.4) is 0 Å². The minimum absolute atomic E-state index is 0.144. The van der Waals surface area contributed by atoms with Crippen molar-refractivity contribution in [2.24, 2.45) is 0 Å². The van der Waals surface area contributed by atoms with E-state index in [-0.39, 0.29) is 5.78 Å². The molecule has 0 radical (unpaired) electrons. The van der Waals surface area contributed by atoms with Crippen LogP contribution in [0.15, 0.2) is 54.7 Å². The molecule has 0 heterocycles. The second-order valence-corrected chi connectivity index (χ2v) is 5.28. The first-order chi connectivity index (χ1) is 11.5. The van der Waals surface area contributed by atoms with E-state index in [1.54, 1.807) is 67.8 Å². The highest BCUT2D eigenvalue weighted by molar-refractivity contribution is 6.06. The minimum Gasteiger partial charge on any atom is -0.497 e. The van der Waals surface area contributed by atoms with E-state index < -0.39 is 0 Å². The Balaban J connectivity index is 2.32.